The number of hydrazone groups is 1. The third kappa shape index (κ3) is 5.80. The Kier molecular flexibility index (Phi) is 5.99. The molecule has 0 bridgehead atoms. The molecule has 7 heteroatoms. The first-order chi connectivity index (χ1) is 10.2. The Morgan fingerprint density at radius 3 is 3.05 bits per heavy atom. The molecule has 0 unspecified atom stereocenters. The Labute approximate surface area is 123 Å². The Morgan fingerprint density at radius 1 is 1.48 bits per heavy atom. The van der Waals surface area contributed by atoms with Crippen LogP contribution in [0.2, 0.25) is 0 Å². The van der Waals surface area contributed by atoms with Crippen LogP contribution >= 0.6 is 0 Å². The molecule has 1 aromatic carbocycles. The number of ether oxygens (including phenoxy) is 2. The zero-order valence-corrected chi connectivity index (χ0v) is 11.8. The van der Waals surface area contributed by atoms with Gasteiger partial charge in [0.1, 0.15) is 12.4 Å². The molecule has 0 radical (unpaired) electrons. The van der Waals surface area contributed by atoms with Crippen LogP contribution < -0.4 is 15.9 Å². The average molecular weight is 292 g/mol. The normalized spacial score (nSPS) is 16.0. The second kappa shape index (κ2) is 8.23. The number of carbonyl (C=O) groups is 1. The van der Waals surface area contributed by atoms with Gasteiger partial charge in [0, 0.05) is 19.6 Å². The van der Waals surface area contributed by atoms with Crippen LogP contribution in [0.1, 0.15) is 5.56 Å². The highest BCUT2D eigenvalue weighted by Crippen LogP contribution is 2.12. The maximum atomic E-state index is 10.5. The molecule has 0 spiro atoms. The minimum atomic E-state index is -0.691. The van der Waals surface area contributed by atoms with E-state index < -0.39 is 6.03 Å². The lowest BCUT2D eigenvalue weighted by Gasteiger charge is -2.26. The van der Waals surface area contributed by atoms with Gasteiger partial charge in [-0.3, -0.25) is 4.90 Å². The minimum Gasteiger partial charge on any atom is -0.492 e. The van der Waals surface area contributed by atoms with Gasteiger partial charge in [0.25, 0.3) is 0 Å². The van der Waals surface area contributed by atoms with E-state index in [1.807, 2.05) is 24.3 Å². The Morgan fingerprint density at radius 2 is 2.29 bits per heavy atom. The third-order valence-corrected chi connectivity index (χ3v) is 3.03. The predicted octanol–water partition coefficient (Wildman–Crippen LogP) is 0.400. The first kappa shape index (κ1) is 15.3. The van der Waals surface area contributed by atoms with E-state index in [9.17, 15) is 4.79 Å². The van der Waals surface area contributed by atoms with Crippen molar-refractivity contribution >= 4 is 12.2 Å². The largest absolute Gasteiger partial charge is 0.492 e. The SMILES string of the molecule is NC(=O)NN=Cc1cccc(OCCN2CCOCC2)c1. The molecule has 0 saturated carbocycles. The van der Waals surface area contributed by atoms with Crippen molar-refractivity contribution in [3.8, 4) is 5.75 Å². The fourth-order valence-electron chi connectivity index (χ4n) is 1.97. The van der Waals surface area contributed by atoms with Gasteiger partial charge in [-0.25, -0.2) is 10.2 Å². The molecular weight excluding hydrogens is 272 g/mol. The van der Waals surface area contributed by atoms with Gasteiger partial charge in [0.15, 0.2) is 0 Å². The van der Waals surface area contributed by atoms with Crippen LogP contribution in [0.4, 0.5) is 4.79 Å². The maximum absolute atomic E-state index is 10.5. The highest BCUT2D eigenvalue weighted by molar-refractivity contribution is 5.81. The van der Waals surface area contributed by atoms with Crippen molar-refractivity contribution in [2.75, 3.05) is 39.5 Å². The lowest BCUT2D eigenvalue weighted by molar-refractivity contribution is 0.0322. The zero-order chi connectivity index (χ0) is 14.9. The molecule has 1 heterocycles. The van der Waals surface area contributed by atoms with Crippen molar-refractivity contribution in [3.63, 3.8) is 0 Å². The number of hydrogen-bond donors (Lipinski definition) is 2. The van der Waals surface area contributed by atoms with E-state index in [0.717, 1.165) is 44.2 Å². The first-order valence-corrected chi connectivity index (χ1v) is 6.85. The lowest BCUT2D eigenvalue weighted by atomic mass is 10.2. The molecule has 114 valence electrons. The van der Waals surface area contributed by atoms with Gasteiger partial charge in [-0.1, -0.05) is 12.1 Å². The molecule has 7 nitrogen and oxygen atoms in total. The van der Waals surface area contributed by atoms with E-state index in [4.69, 9.17) is 15.2 Å². The van der Waals surface area contributed by atoms with Gasteiger partial charge in [-0.15, -0.1) is 0 Å². The lowest BCUT2D eigenvalue weighted by Crippen LogP contribution is -2.38. The first-order valence-electron chi connectivity index (χ1n) is 6.85. The van der Waals surface area contributed by atoms with E-state index in [0.29, 0.717) is 6.61 Å². The van der Waals surface area contributed by atoms with Crippen LogP contribution in [0.5, 0.6) is 5.75 Å². The van der Waals surface area contributed by atoms with Crippen molar-refractivity contribution in [2.45, 2.75) is 0 Å². The van der Waals surface area contributed by atoms with E-state index >= 15 is 0 Å². The van der Waals surface area contributed by atoms with E-state index in [1.54, 1.807) is 0 Å². The zero-order valence-electron chi connectivity index (χ0n) is 11.8. The number of benzene rings is 1. The number of hydrogen-bond acceptors (Lipinski definition) is 5. The van der Waals surface area contributed by atoms with Gasteiger partial charge >= 0.3 is 6.03 Å². The van der Waals surface area contributed by atoms with Crippen LogP contribution in [0.3, 0.4) is 0 Å². The summed E-state index contributed by atoms with van der Waals surface area (Å²) in [6.07, 6.45) is 1.51. The van der Waals surface area contributed by atoms with Crippen molar-refractivity contribution < 1.29 is 14.3 Å². The summed E-state index contributed by atoms with van der Waals surface area (Å²) in [5.74, 6) is 0.770. The standard InChI is InChI=1S/C14H20N4O3/c15-14(19)17-16-11-12-2-1-3-13(10-12)21-9-6-18-4-7-20-8-5-18/h1-3,10-11H,4-9H2,(H3,15,17,19). The molecule has 0 aliphatic carbocycles. The average Bonchev–Trinajstić information content (AvgIpc) is 2.48. The van der Waals surface area contributed by atoms with Crippen LogP contribution in [0, 0.1) is 0 Å². The molecule has 2 rings (SSSR count). The van der Waals surface area contributed by atoms with E-state index in [2.05, 4.69) is 15.4 Å². The van der Waals surface area contributed by atoms with Gasteiger partial charge in [0.2, 0.25) is 0 Å². The number of nitrogens with zero attached hydrogens (tertiary/aromatic N) is 2. The number of amides is 2. The number of nitrogens with two attached hydrogens (primary N) is 1. The van der Waals surface area contributed by atoms with Gasteiger partial charge < -0.3 is 15.2 Å². The summed E-state index contributed by atoms with van der Waals surface area (Å²) in [4.78, 5) is 12.8. The number of urea groups is 1. The van der Waals surface area contributed by atoms with Crippen molar-refractivity contribution in [1.29, 1.82) is 0 Å². The summed E-state index contributed by atoms with van der Waals surface area (Å²) >= 11 is 0. The second-order valence-corrected chi connectivity index (χ2v) is 4.61. The molecule has 1 aromatic rings. The number of carbonyl (C=O) groups excluding carboxylic acids is 1. The minimum absolute atomic E-state index is 0.625. The molecule has 0 atom stereocenters. The fraction of sp³-hybridized carbons (Fsp3) is 0.429. The Bertz CT molecular complexity index is 487. The fourth-order valence-corrected chi connectivity index (χ4v) is 1.97. The number of primary amides is 1. The summed E-state index contributed by atoms with van der Waals surface area (Å²) in [6, 6.07) is 6.78. The van der Waals surface area contributed by atoms with E-state index in [-0.39, 0.29) is 0 Å². The summed E-state index contributed by atoms with van der Waals surface area (Å²) in [5.41, 5.74) is 7.90. The van der Waals surface area contributed by atoms with Gasteiger partial charge in [0.05, 0.1) is 19.4 Å². The molecule has 3 N–H and O–H groups in total. The van der Waals surface area contributed by atoms with Crippen LogP contribution in [-0.4, -0.2) is 56.6 Å². The predicted molar refractivity (Wildman–Crippen MR) is 79.5 cm³/mol. The highest BCUT2D eigenvalue weighted by atomic mass is 16.5. The molecular formula is C14H20N4O3. The summed E-state index contributed by atoms with van der Waals surface area (Å²) in [6.45, 7) is 4.99. The van der Waals surface area contributed by atoms with Crippen LogP contribution in [0.15, 0.2) is 29.4 Å². The van der Waals surface area contributed by atoms with Crippen LogP contribution in [0.25, 0.3) is 0 Å². The summed E-state index contributed by atoms with van der Waals surface area (Å²) in [5, 5.41) is 3.71. The molecule has 1 aliphatic rings. The van der Waals surface area contributed by atoms with Crippen molar-refractivity contribution in [2.24, 2.45) is 10.8 Å². The molecule has 21 heavy (non-hydrogen) atoms. The number of rotatable bonds is 6. The number of nitrogens with one attached hydrogen (secondary N) is 1. The monoisotopic (exact) mass is 292 g/mol. The third-order valence-electron chi connectivity index (χ3n) is 3.03. The second-order valence-electron chi connectivity index (χ2n) is 4.61. The molecule has 2 amide bonds. The smallest absolute Gasteiger partial charge is 0.332 e. The maximum Gasteiger partial charge on any atom is 0.332 e. The van der Waals surface area contributed by atoms with Gasteiger partial charge in [-0.2, -0.15) is 5.10 Å². The van der Waals surface area contributed by atoms with Gasteiger partial charge in [-0.05, 0) is 17.7 Å². The summed E-state index contributed by atoms with van der Waals surface area (Å²) in [7, 11) is 0. The molecule has 1 fully saturated rings. The van der Waals surface area contributed by atoms with Crippen molar-refractivity contribution in [3.05, 3.63) is 29.8 Å². The highest BCUT2D eigenvalue weighted by Gasteiger charge is 2.09. The molecule has 1 saturated heterocycles. The van der Waals surface area contributed by atoms with Crippen LogP contribution in [-0.2, 0) is 4.74 Å². The Balaban J connectivity index is 1.77. The van der Waals surface area contributed by atoms with Crippen molar-refractivity contribution in [1.82, 2.24) is 10.3 Å². The number of morpholine rings is 1. The topological polar surface area (TPSA) is 89.2 Å². The molecule has 1 aliphatic heterocycles. The quantitative estimate of drug-likeness (QED) is 0.586. The van der Waals surface area contributed by atoms with E-state index in [1.165, 1.54) is 6.21 Å². The molecule has 0 aromatic heterocycles. The Hall–Kier alpha value is -2.12. The summed E-state index contributed by atoms with van der Waals surface area (Å²) < 4.78 is 11.0.